The first-order valence-corrected chi connectivity index (χ1v) is 13.1. The molecule has 1 aromatic carbocycles. The number of aromatic nitrogens is 4. The number of rotatable bonds is 6. The van der Waals surface area contributed by atoms with Gasteiger partial charge in [0.25, 0.3) is 11.5 Å². The molecule has 2 fully saturated rings. The molecule has 0 saturated heterocycles. The number of amidine groups is 1. The Morgan fingerprint density at radius 2 is 1.81 bits per heavy atom. The molecule has 1 aliphatic heterocycles. The number of amides is 1. The number of nitrogens with one attached hydrogen (secondary N) is 1. The van der Waals surface area contributed by atoms with Gasteiger partial charge in [-0.1, -0.05) is 24.3 Å². The van der Waals surface area contributed by atoms with E-state index in [4.69, 9.17) is 4.99 Å². The van der Waals surface area contributed by atoms with Crippen LogP contribution in [-0.4, -0.2) is 43.0 Å². The van der Waals surface area contributed by atoms with Crippen molar-refractivity contribution in [1.29, 1.82) is 0 Å². The molecule has 9 nitrogen and oxygen atoms in total. The number of carbonyl (C=O) groups excluding carboxylic acids is 1. The Labute approximate surface area is 216 Å². The van der Waals surface area contributed by atoms with Crippen LogP contribution in [0.3, 0.4) is 0 Å². The van der Waals surface area contributed by atoms with Crippen molar-refractivity contribution >= 4 is 17.6 Å². The van der Waals surface area contributed by atoms with E-state index < -0.39 is 5.54 Å². The zero-order valence-electron chi connectivity index (χ0n) is 21.9. The molecule has 0 radical (unpaired) electrons. The molecular weight excluding hydrogens is 466 g/mol. The Hall–Kier alpha value is -3.75. The normalized spacial score (nSPS) is 19.2. The van der Waals surface area contributed by atoms with Crippen LogP contribution in [0, 0.1) is 0 Å². The van der Waals surface area contributed by atoms with Crippen molar-refractivity contribution in [3.05, 3.63) is 64.5 Å². The summed E-state index contributed by atoms with van der Waals surface area (Å²) in [4.78, 5) is 37.6. The molecule has 37 heavy (non-hydrogen) atoms. The summed E-state index contributed by atoms with van der Waals surface area (Å²) in [5.41, 5.74) is 2.95. The van der Waals surface area contributed by atoms with Gasteiger partial charge in [0.05, 0.1) is 23.6 Å². The second kappa shape index (κ2) is 8.39. The third-order valence-electron chi connectivity index (χ3n) is 8.21. The van der Waals surface area contributed by atoms with Crippen LogP contribution < -0.4 is 10.9 Å². The van der Waals surface area contributed by atoms with E-state index in [1.165, 1.54) is 0 Å². The molecule has 2 aliphatic carbocycles. The number of nitrogens with zero attached hydrogens (tertiary/aromatic N) is 6. The van der Waals surface area contributed by atoms with Crippen LogP contribution in [-0.2, 0) is 22.4 Å². The Bertz CT molecular complexity index is 1460. The average Bonchev–Trinajstić information content (AvgIpc) is 3.52. The highest BCUT2D eigenvalue weighted by Crippen LogP contribution is 2.46. The highest BCUT2D eigenvalue weighted by molar-refractivity contribution is 6.38. The predicted octanol–water partition coefficient (Wildman–Crippen LogP) is 3.87. The molecular formula is C28H33N7O2. The van der Waals surface area contributed by atoms with Gasteiger partial charge in [0, 0.05) is 36.9 Å². The lowest BCUT2D eigenvalue weighted by molar-refractivity contribution is -0.116. The Morgan fingerprint density at radius 3 is 2.43 bits per heavy atom. The molecule has 1 N–H and O–H groups in total. The molecule has 6 rings (SSSR count). The highest BCUT2D eigenvalue weighted by Gasteiger charge is 2.47. The second-order valence-electron chi connectivity index (χ2n) is 11.3. The standard InChI is InChI=1S/C28H33N7O2/c1-18(2)35-23-20(14-30-35)16-33(4)24(31-23)25(36)32-28(12-13-28)21-8-6-19(7-9-21)22-15-29-17-34(26(22)37)27(3)10-5-11-27/h6-9,14-15,17-18H,5,10-13,16H2,1-4H3,(H,32,36). The minimum absolute atomic E-state index is 0.00209. The Kier molecular flexibility index (Phi) is 5.36. The number of aliphatic imine (C=N–C) groups is 1. The fraction of sp³-hybridized carbons (Fsp3) is 0.464. The Morgan fingerprint density at radius 1 is 1.08 bits per heavy atom. The van der Waals surface area contributed by atoms with Gasteiger partial charge in [0.2, 0.25) is 0 Å². The number of carbonyl (C=O) groups is 1. The largest absolute Gasteiger partial charge is 0.351 e. The van der Waals surface area contributed by atoms with E-state index in [0.29, 0.717) is 17.9 Å². The number of fused-ring (bicyclic) bond motifs is 1. The van der Waals surface area contributed by atoms with Crippen LogP contribution in [0.1, 0.15) is 70.0 Å². The van der Waals surface area contributed by atoms with Crippen LogP contribution in [0.15, 0.2) is 52.8 Å². The summed E-state index contributed by atoms with van der Waals surface area (Å²) in [6.07, 6.45) is 10.0. The highest BCUT2D eigenvalue weighted by atomic mass is 16.2. The van der Waals surface area contributed by atoms with Crippen molar-refractivity contribution < 1.29 is 4.79 Å². The molecule has 0 atom stereocenters. The summed E-state index contributed by atoms with van der Waals surface area (Å²) in [5.74, 6) is 0.971. The lowest BCUT2D eigenvalue weighted by atomic mass is 9.78. The minimum atomic E-state index is -0.411. The maximum atomic E-state index is 13.4. The van der Waals surface area contributed by atoms with Gasteiger partial charge >= 0.3 is 0 Å². The molecule has 3 heterocycles. The monoisotopic (exact) mass is 499 g/mol. The maximum Gasteiger partial charge on any atom is 0.287 e. The molecule has 3 aliphatic rings. The van der Waals surface area contributed by atoms with Gasteiger partial charge in [-0.15, -0.1) is 0 Å². The van der Waals surface area contributed by atoms with Crippen LogP contribution in [0.5, 0.6) is 0 Å². The van der Waals surface area contributed by atoms with E-state index in [-0.39, 0.29) is 23.0 Å². The van der Waals surface area contributed by atoms with Crippen LogP contribution in [0.2, 0.25) is 0 Å². The van der Waals surface area contributed by atoms with E-state index in [1.807, 2.05) is 47.1 Å². The van der Waals surface area contributed by atoms with E-state index in [0.717, 1.165) is 54.6 Å². The minimum Gasteiger partial charge on any atom is -0.351 e. The molecule has 0 unspecified atom stereocenters. The van der Waals surface area contributed by atoms with Gasteiger partial charge in [0.1, 0.15) is 0 Å². The summed E-state index contributed by atoms with van der Waals surface area (Å²) < 4.78 is 3.65. The van der Waals surface area contributed by atoms with E-state index in [9.17, 15) is 9.59 Å². The number of hydrogen-bond donors (Lipinski definition) is 1. The van der Waals surface area contributed by atoms with E-state index in [1.54, 1.807) is 17.1 Å². The number of hydrogen-bond acceptors (Lipinski definition) is 6. The molecule has 9 heteroatoms. The lowest BCUT2D eigenvalue weighted by Gasteiger charge is -2.39. The van der Waals surface area contributed by atoms with Gasteiger partial charge in [-0.25, -0.2) is 14.7 Å². The maximum absolute atomic E-state index is 13.4. The van der Waals surface area contributed by atoms with Crippen molar-refractivity contribution in [1.82, 2.24) is 29.5 Å². The third-order valence-corrected chi connectivity index (χ3v) is 8.21. The van der Waals surface area contributed by atoms with Gasteiger partial charge < -0.3 is 10.2 Å². The first kappa shape index (κ1) is 23.6. The zero-order valence-corrected chi connectivity index (χ0v) is 21.9. The zero-order chi connectivity index (χ0) is 25.9. The van der Waals surface area contributed by atoms with Gasteiger partial charge in [-0.2, -0.15) is 5.10 Å². The van der Waals surface area contributed by atoms with Crippen molar-refractivity contribution in [3.8, 4) is 11.1 Å². The van der Waals surface area contributed by atoms with Crippen molar-refractivity contribution in [2.75, 3.05) is 7.05 Å². The van der Waals surface area contributed by atoms with Crippen LogP contribution in [0.4, 0.5) is 5.82 Å². The van der Waals surface area contributed by atoms with E-state index in [2.05, 4.69) is 36.2 Å². The first-order valence-electron chi connectivity index (χ1n) is 13.1. The fourth-order valence-corrected chi connectivity index (χ4v) is 5.52. The van der Waals surface area contributed by atoms with Gasteiger partial charge in [-0.3, -0.25) is 14.2 Å². The van der Waals surface area contributed by atoms with Crippen molar-refractivity contribution in [2.45, 2.75) is 76.5 Å². The summed E-state index contributed by atoms with van der Waals surface area (Å²) in [7, 11) is 1.88. The molecule has 192 valence electrons. The molecule has 2 saturated carbocycles. The van der Waals surface area contributed by atoms with Gasteiger partial charge in [-0.05, 0) is 64.0 Å². The number of benzene rings is 1. The molecule has 2 aromatic heterocycles. The molecule has 0 spiro atoms. The summed E-state index contributed by atoms with van der Waals surface area (Å²) in [6.45, 7) is 6.82. The first-order chi connectivity index (χ1) is 17.7. The van der Waals surface area contributed by atoms with Gasteiger partial charge in [0.15, 0.2) is 11.7 Å². The topological polar surface area (TPSA) is 97.4 Å². The van der Waals surface area contributed by atoms with Crippen LogP contribution in [0.25, 0.3) is 11.1 Å². The molecule has 0 bridgehead atoms. The molecule has 3 aromatic rings. The lowest BCUT2D eigenvalue weighted by Crippen LogP contribution is -2.46. The summed E-state index contributed by atoms with van der Waals surface area (Å²) >= 11 is 0. The fourth-order valence-electron chi connectivity index (χ4n) is 5.52. The van der Waals surface area contributed by atoms with Crippen LogP contribution >= 0.6 is 0 Å². The number of likely N-dealkylation sites (N-methyl/N-ethyl adjacent to an activating group) is 1. The average molecular weight is 500 g/mol. The van der Waals surface area contributed by atoms with Crippen molar-refractivity contribution in [2.24, 2.45) is 4.99 Å². The SMILES string of the molecule is CC(C)n1ncc2c1N=C(C(=O)NC1(c3ccc(-c4cncn(C5(C)CCC5)c4=O)cc3)CC1)N(C)C2. The summed E-state index contributed by atoms with van der Waals surface area (Å²) in [5, 5.41) is 7.70. The van der Waals surface area contributed by atoms with E-state index >= 15 is 0 Å². The Balaban J connectivity index is 1.24. The molecule has 1 amide bonds. The summed E-state index contributed by atoms with van der Waals surface area (Å²) in [6, 6.07) is 8.12. The van der Waals surface area contributed by atoms with Crippen molar-refractivity contribution in [3.63, 3.8) is 0 Å². The third kappa shape index (κ3) is 3.88. The smallest absolute Gasteiger partial charge is 0.287 e. The predicted molar refractivity (Wildman–Crippen MR) is 142 cm³/mol. The quantitative estimate of drug-likeness (QED) is 0.555. The second-order valence-corrected chi connectivity index (χ2v) is 11.3.